The van der Waals surface area contributed by atoms with Gasteiger partial charge in [-0.05, 0) is 0 Å². The van der Waals surface area contributed by atoms with E-state index in [9.17, 15) is 0 Å². The van der Waals surface area contributed by atoms with Gasteiger partial charge in [0.2, 0.25) is 0 Å². The van der Waals surface area contributed by atoms with Crippen molar-refractivity contribution in [1.29, 1.82) is 0 Å². The van der Waals surface area contributed by atoms with Crippen molar-refractivity contribution < 1.29 is 17.0 Å². The topological polar surface area (TPSA) is 28.2 Å². The molecule has 2 saturated carbocycles. The van der Waals surface area contributed by atoms with Crippen LogP contribution in [0.4, 0.5) is 0 Å². The molecule has 0 saturated heterocycles. The first-order valence-corrected chi connectivity index (χ1v) is 15.2. The molecule has 0 radical (unpaired) electrons. The maximum absolute atomic E-state index is 5.10. The maximum atomic E-state index is 5.10. The predicted octanol–water partition coefficient (Wildman–Crippen LogP) is 7.93. The molecule has 5 heteroatoms. The Morgan fingerprint density at radius 2 is 1.15 bits per heavy atom. The SMILES string of the molecule is CCC1CCCC(C)C1[N-]CCC[N-]C1C(C)CCCC1CC.[Cl][Ti][Cl]. The molecule has 0 bridgehead atoms. The van der Waals surface area contributed by atoms with Crippen LogP contribution in [0.3, 0.4) is 0 Å². The number of nitrogens with zero attached hydrogens (tertiary/aromatic N) is 2. The Morgan fingerprint density at radius 1 is 0.769 bits per heavy atom. The quantitative estimate of drug-likeness (QED) is 0.271. The van der Waals surface area contributed by atoms with Gasteiger partial charge in [-0.1, -0.05) is 109 Å². The van der Waals surface area contributed by atoms with Crippen molar-refractivity contribution in [2.75, 3.05) is 13.1 Å². The van der Waals surface area contributed by atoms with Crippen LogP contribution in [0, 0.1) is 23.7 Å². The molecule has 2 aliphatic rings. The zero-order chi connectivity index (χ0) is 19.4. The number of halogens is 2. The second-order valence-corrected chi connectivity index (χ2v) is 11.0. The van der Waals surface area contributed by atoms with Crippen molar-refractivity contribution in [2.24, 2.45) is 23.7 Å². The molecule has 0 spiro atoms. The van der Waals surface area contributed by atoms with Gasteiger partial charge in [-0.3, -0.25) is 0 Å². The van der Waals surface area contributed by atoms with Crippen LogP contribution in [-0.4, -0.2) is 25.2 Å². The third-order valence-electron chi connectivity index (χ3n) is 6.65. The van der Waals surface area contributed by atoms with Gasteiger partial charge in [-0.25, -0.2) is 0 Å². The second-order valence-electron chi connectivity index (χ2n) is 8.37. The van der Waals surface area contributed by atoms with Gasteiger partial charge in [0.1, 0.15) is 0 Å². The van der Waals surface area contributed by atoms with E-state index in [-0.39, 0.29) is 0 Å². The minimum atomic E-state index is -0.556. The fraction of sp³-hybridized carbons (Fsp3) is 1.00. The van der Waals surface area contributed by atoms with Crippen LogP contribution in [0.1, 0.15) is 85.5 Å². The fourth-order valence-electron chi connectivity index (χ4n) is 5.12. The number of rotatable bonds is 8. The zero-order valence-corrected chi connectivity index (χ0v) is 20.5. The third kappa shape index (κ3) is 8.70. The van der Waals surface area contributed by atoms with E-state index in [2.05, 4.69) is 27.7 Å². The van der Waals surface area contributed by atoms with Crippen LogP contribution in [0.2, 0.25) is 0 Å². The Kier molecular flexibility index (Phi) is 14.7. The normalized spacial score (nSPS) is 34.7. The van der Waals surface area contributed by atoms with Crippen LogP contribution < -0.4 is 0 Å². The van der Waals surface area contributed by atoms with Gasteiger partial charge in [0.25, 0.3) is 0 Å². The van der Waals surface area contributed by atoms with Crippen LogP contribution in [-0.2, 0) is 17.0 Å². The Labute approximate surface area is 180 Å². The van der Waals surface area contributed by atoms with E-state index in [1.807, 2.05) is 0 Å². The van der Waals surface area contributed by atoms with Crippen molar-refractivity contribution in [1.82, 2.24) is 0 Å². The average molecular weight is 439 g/mol. The predicted molar refractivity (Wildman–Crippen MR) is 114 cm³/mol. The molecule has 0 aromatic rings. The first-order valence-electron chi connectivity index (χ1n) is 10.9. The van der Waals surface area contributed by atoms with E-state index < -0.39 is 17.0 Å². The summed E-state index contributed by atoms with van der Waals surface area (Å²) in [7, 11) is 9.78. The summed E-state index contributed by atoms with van der Waals surface area (Å²) in [5.74, 6) is 3.29. The monoisotopic (exact) mass is 438 g/mol. The molecule has 6 unspecified atom stereocenters. The second kappa shape index (κ2) is 15.1. The van der Waals surface area contributed by atoms with Crippen molar-refractivity contribution in [3.05, 3.63) is 10.6 Å². The molecule has 0 aliphatic heterocycles. The third-order valence-corrected chi connectivity index (χ3v) is 6.65. The molecule has 0 heterocycles. The molecule has 0 N–H and O–H groups in total. The average Bonchev–Trinajstić information content (AvgIpc) is 2.64. The van der Waals surface area contributed by atoms with E-state index in [1.54, 1.807) is 0 Å². The van der Waals surface area contributed by atoms with Crippen LogP contribution in [0.5, 0.6) is 0 Å². The van der Waals surface area contributed by atoms with Gasteiger partial charge >= 0.3 is 35.6 Å². The van der Waals surface area contributed by atoms with E-state index in [0.29, 0.717) is 12.1 Å². The van der Waals surface area contributed by atoms with Crippen molar-refractivity contribution in [2.45, 2.75) is 97.6 Å². The van der Waals surface area contributed by atoms with Crippen molar-refractivity contribution in [3.63, 3.8) is 0 Å². The van der Waals surface area contributed by atoms with E-state index >= 15 is 0 Å². The Balaban J connectivity index is 0.00000105. The van der Waals surface area contributed by atoms with Gasteiger partial charge in [-0.15, -0.1) is 12.1 Å². The van der Waals surface area contributed by atoms with E-state index in [0.717, 1.165) is 36.8 Å². The van der Waals surface area contributed by atoms with Crippen molar-refractivity contribution >= 4 is 18.6 Å². The molecule has 0 aromatic heterocycles. The van der Waals surface area contributed by atoms with Gasteiger partial charge in [0.05, 0.1) is 0 Å². The summed E-state index contributed by atoms with van der Waals surface area (Å²) >= 11 is -0.556. The molecule has 0 amide bonds. The summed E-state index contributed by atoms with van der Waals surface area (Å²) < 4.78 is 0. The molecular weight excluding hydrogens is 399 g/mol. The first kappa shape index (κ1) is 25.3. The molecule has 2 aliphatic carbocycles. The zero-order valence-electron chi connectivity index (χ0n) is 17.4. The molecule has 154 valence electrons. The summed E-state index contributed by atoms with van der Waals surface area (Å²) in [6.07, 6.45) is 12.2. The standard InChI is InChI=1S/C21H40N2.2ClH.Ti/c1-5-18-12-7-10-16(3)20(18)22-14-9-15-23-21-17(4)11-8-13-19(21)6-2;;;/h16-21H,5-15H2,1-4H3;2*1H;/q-2;;;+2/p-2. The fourth-order valence-corrected chi connectivity index (χ4v) is 5.12. The van der Waals surface area contributed by atoms with Crippen LogP contribution in [0.25, 0.3) is 10.6 Å². The first-order chi connectivity index (χ1) is 12.6. The van der Waals surface area contributed by atoms with Crippen LogP contribution >= 0.6 is 18.6 Å². The molecule has 2 rings (SSSR count). The summed E-state index contributed by atoms with van der Waals surface area (Å²) in [6, 6.07) is 1.26. The summed E-state index contributed by atoms with van der Waals surface area (Å²) in [5, 5.41) is 10.2. The van der Waals surface area contributed by atoms with Gasteiger partial charge < -0.3 is 10.6 Å². The van der Waals surface area contributed by atoms with Gasteiger partial charge in [0.15, 0.2) is 0 Å². The molecule has 2 nitrogen and oxygen atoms in total. The number of hydrogen-bond donors (Lipinski definition) is 0. The van der Waals surface area contributed by atoms with Gasteiger partial charge in [-0.2, -0.15) is 13.1 Å². The van der Waals surface area contributed by atoms with E-state index in [4.69, 9.17) is 29.2 Å². The molecule has 6 atom stereocenters. The molecule has 0 aromatic carbocycles. The Morgan fingerprint density at radius 3 is 1.50 bits per heavy atom. The Hall–Kier alpha value is 1.21. The van der Waals surface area contributed by atoms with E-state index in [1.165, 1.54) is 57.8 Å². The van der Waals surface area contributed by atoms with Gasteiger partial charge in [0, 0.05) is 0 Å². The molecule has 26 heavy (non-hydrogen) atoms. The summed E-state index contributed by atoms with van der Waals surface area (Å²) in [6.45, 7) is 11.6. The van der Waals surface area contributed by atoms with Crippen LogP contribution in [0.15, 0.2) is 0 Å². The summed E-state index contributed by atoms with van der Waals surface area (Å²) in [5.41, 5.74) is 0. The minimum absolute atomic E-state index is 0.556. The molecular formula is C21H40Cl2N2Ti-2. The molecule has 2 fully saturated rings. The summed E-state index contributed by atoms with van der Waals surface area (Å²) in [4.78, 5) is 0. The van der Waals surface area contributed by atoms with Crippen molar-refractivity contribution in [3.8, 4) is 0 Å². The number of hydrogen-bond acceptors (Lipinski definition) is 0. The Bertz CT molecular complexity index is 316.